The van der Waals surface area contributed by atoms with Gasteiger partial charge in [0.25, 0.3) is 0 Å². The van der Waals surface area contributed by atoms with Crippen molar-refractivity contribution in [3.63, 3.8) is 0 Å². The molecular formula is C85H144O16P2. The van der Waals surface area contributed by atoms with E-state index >= 15 is 0 Å². The van der Waals surface area contributed by atoms with E-state index in [0.29, 0.717) is 19.3 Å². The minimum atomic E-state index is -4.94. The molecule has 0 saturated heterocycles. The number of aliphatic hydroxyl groups excluding tert-OH is 2. The van der Waals surface area contributed by atoms with E-state index in [1.165, 1.54) is 96.3 Å². The molecule has 103 heavy (non-hydrogen) atoms. The Labute approximate surface area is 626 Å². The van der Waals surface area contributed by atoms with Crippen LogP contribution in [0.1, 0.15) is 316 Å². The van der Waals surface area contributed by atoms with Crippen molar-refractivity contribution < 1.29 is 75.8 Å². The van der Waals surface area contributed by atoms with Gasteiger partial charge in [0.05, 0.1) is 26.4 Å². The number of ether oxygens (including phenoxy) is 3. The summed E-state index contributed by atoms with van der Waals surface area (Å²) in [5.41, 5.74) is 0. The van der Waals surface area contributed by atoms with Crippen LogP contribution in [0.2, 0.25) is 0 Å². The van der Waals surface area contributed by atoms with Crippen molar-refractivity contribution in [3.05, 3.63) is 146 Å². The fourth-order valence-electron chi connectivity index (χ4n) is 10.5. The molecule has 0 spiro atoms. The molecule has 4 N–H and O–H groups in total. The molecule has 5 unspecified atom stereocenters. The standard InChI is InChI=1S/C85H144O16P2/c1-4-7-10-13-16-19-22-25-28-30-32-34-36-38-39-41-43-44-46-48-51-53-56-59-62-65-68-71-83(88)95-74-80(86)75-97-102(91,92)98-76-81(87)77-99-103(93,94)100-79-82(101-85(90)73-70-67-64-61-58-55-50-27-24-21-18-15-12-9-6-3)78-96-84(89)72-69-66-63-60-57-54-52-49-47-45-42-40-37-35-33-31-29-26-23-20-17-14-11-8-5-2/h7,9-10,12,16-21,25-29,32-35,38-40,42,50,80-82,86-87H,4-6,8,11,13-15,22-24,30-31,36-37,41,43-49,51-79H2,1-3H3,(H,91,92)(H,93,94)/b10-7-,12-9-,19-16-,20-17-,21-18-,28-25-,29-26-,34-32-,35-33-,39-38-,42-40-,50-27-. The Morgan fingerprint density at radius 2 is 0.515 bits per heavy atom. The quantitative estimate of drug-likeness (QED) is 0.0146. The van der Waals surface area contributed by atoms with E-state index in [4.69, 9.17) is 32.3 Å². The molecule has 5 atom stereocenters. The van der Waals surface area contributed by atoms with Gasteiger partial charge in [0.15, 0.2) is 6.10 Å². The number of phosphoric ester groups is 2. The predicted molar refractivity (Wildman–Crippen MR) is 426 cm³/mol. The van der Waals surface area contributed by atoms with Crippen LogP contribution in [0.3, 0.4) is 0 Å². The van der Waals surface area contributed by atoms with Gasteiger partial charge in [-0.2, -0.15) is 0 Å². The Balaban J connectivity index is 4.58. The highest BCUT2D eigenvalue weighted by Crippen LogP contribution is 2.45. The molecule has 0 bridgehead atoms. The number of unbranched alkanes of at least 4 members (excludes halogenated alkanes) is 28. The minimum Gasteiger partial charge on any atom is -0.463 e. The molecule has 0 fully saturated rings. The molecule has 590 valence electrons. The molecule has 0 aliphatic rings. The van der Waals surface area contributed by atoms with Gasteiger partial charge in [0.1, 0.15) is 25.4 Å². The molecule has 0 aromatic heterocycles. The van der Waals surface area contributed by atoms with E-state index in [1.54, 1.807) is 0 Å². The van der Waals surface area contributed by atoms with Gasteiger partial charge in [0.2, 0.25) is 0 Å². The molecule has 0 aromatic carbocycles. The lowest BCUT2D eigenvalue weighted by Gasteiger charge is -2.21. The maximum absolute atomic E-state index is 13.0. The third-order valence-corrected chi connectivity index (χ3v) is 18.4. The number of esters is 3. The summed E-state index contributed by atoms with van der Waals surface area (Å²) < 4.78 is 61.2. The van der Waals surface area contributed by atoms with Crippen LogP contribution in [0, 0.1) is 0 Å². The lowest BCUT2D eigenvalue weighted by atomic mass is 10.0. The average molecular weight is 1480 g/mol. The molecular weight excluding hydrogens is 1340 g/mol. The van der Waals surface area contributed by atoms with Gasteiger partial charge < -0.3 is 34.2 Å². The number of carbonyl (C=O) groups excluding carboxylic acids is 3. The average Bonchev–Trinajstić information content (AvgIpc) is 0.922. The lowest BCUT2D eigenvalue weighted by Crippen LogP contribution is -2.30. The first kappa shape index (κ1) is 98.4. The largest absolute Gasteiger partial charge is 0.472 e. The van der Waals surface area contributed by atoms with Crippen molar-refractivity contribution >= 4 is 33.6 Å². The zero-order chi connectivity index (χ0) is 75.2. The highest BCUT2D eigenvalue weighted by molar-refractivity contribution is 7.47. The number of hydrogen-bond acceptors (Lipinski definition) is 14. The fraction of sp³-hybridized carbons (Fsp3) is 0.682. The summed E-state index contributed by atoms with van der Waals surface area (Å²) in [6.07, 6.45) is 94.6. The number of carbonyl (C=O) groups is 3. The van der Waals surface area contributed by atoms with E-state index in [2.05, 4.69) is 167 Å². The van der Waals surface area contributed by atoms with Crippen molar-refractivity contribution in [1.82, 2.24) is 0 Å². The van der Waals surface area contributed by atoms with Gasteiger partial charge in [-0.05, 0) is 141 Å². The summed E-state index contributed by atoms with van der Waals surface area (Å²) in [5.74, 6) is -1.60. The summed E-state index contributed by atoms with van der Waals surface area (Å²) >= 11 is 0. The molecule has 0 aliphatic heterocycles. The smallest absolute Gasteiger partial charge is 0.463 e. The van der Waals surface area contributed by atoms with Crippen molar-refractivity contribution in [3.8, 4) is 0 Å². The Bertz CT molecular complexity index is 2450. The third-order valence-electron chi connectivity index (χ3n) is 16.5. The van der Waals surface area contributed by atoms with Crippen LogP contribution in [0.15, 0.2) is 146 Å². The SMILES string of the molecule is CC/C=C\C/C=C\C/C=C\C/C=C\C/C=C\CCCCCCCCCCCCCC(=O)OCC(O)COP(=O)(O)OCC(O)COP(=O)(O)OCC(COC(=O)CCCCCCCCCCC/C=C\C/C=C\C/C=C\C/C=C\CCCCC)OC(=O)CCCCCCC/C=C\C/C=C\C/C=C\CC. The van der Waals surface area contributed by atoms with E-state index in [1.807, 2.05) is 0 Å². The van der Waals surface area contributed by atoms with Gasteiger partial charge in [-0.15, -0.1) is 0 Å². The lowest BCUT2D eigenvalue weighted by molar-refractivity contribution is -0.161. The Morgan fingerprint density at radius 1 is 0.282 bits per heavy atom. The topological polar surface area (TPSA) is 231 Å². The summed E-state index contributed by atoms with van der Waals surface area (Å²) in [4.78, 5) is 58.7. The summed E-state index contributed by atoms with van der Waals surface area (Å²) in [5, 5.41) is 20.6. The molecule has 0 aliphatic carbocycles. The van der Waals surface area contributed by atoms with Crippen LogP contribution in [0.25, 0.3) is 0 Å². The minimum absolute atomic E-state index is 0.0804. The molecule has 0 radical (unpaired) electrons. The number of aliphatic hydroxyl groups is 2. The van der Waals surface area contributed by atoms with Gasteiger partial charge in [0, 0.05) is 19.3 Å². The Hall–Kier alpha value is -4.57. The predicted octanol–water partition coefficient (Wildman–Crippen LogP) is 23.7. The van der Waals surface area contributed by atoms with Gasteiger partial charge >= 0.3 is 33.6 Å². The van der Waals surface area contributed by atoms with Crippen molar-refractivity contribution in [2.45, 2.75) is 334 Å². The fourth-order valence-corrected chi connectivity index (χ4v) is 12.1. The van der Waals surface area contributed by atoms with E-state index in [-0.39, 0.29) is 19.3 Å². The second-order valence-electron chi connectivity index (χ2n) is 26.5. The van der Waals surface area contributed by atoms with E-state index < -0.39 is 91.5 Å². The van der Waals surface area contributed by atoms with E-state index in [0.717, 1.165) is 161 Å². The first-order valence-electron chi connectivity index (χ1n) is 40.1. The first-order valence-corrected chi connectivity index (χ1v) is 43.1. The molecule has 0 rings (SSSR count). The highest BCUT2D eigenvalue weighted by Gasteiger charge is 2.29. The maximum atomic E-state index is 13.0. The number of allylic oxidation sites excluding steroid dienone is 24. The van der Waals surface area contributed by atoms with Crippen LogP contribution in [0.5, 0.6) is 0 Å². The molecule has 0 amide bonds. The highest BCUT2D eigenvalue weighted by atomic mass is 31.2. The first-order chi connectivity index (χ1) is 50.2. The zero-order valence-electron chi connectivity index (χ0n) is 64.4. The Morgan fingerprint density at radius 3 is 0.816 bits per heavy atom. The van der Waals surface area contributed by atoms with Crippen molar-refractivity contribution in [2.75, 3.05) is 39.6 Å². The van der Waals surface area contributed by atoms with Crippen LogP contribution < -0.4 is 0 Å². The molecule has 0 aromatic rings. The summed E-state index contributed by atoms with van der Waals surface area (Å²) in [6, 6.07) is 0. The normalized spacial score (nSPS) is 14.7. The second-order valence-corrected chi connectivity index (χ2v) is 29.4. The van der Waals surface area contributed by atoms with Gasteiger partial charge in [-0.1, -0.05) is 301 Å². The van der Waals surface area contributed by atoms with Crippen LogP contribution in [0.4, 0.5) is 0 Å². The third kappa shape index (κ3) is 78.3. The zero-order valence-corrected chi connectivity index (χ0v) is 66.2. The number of phosphoric acid groups is 2. The molecule has 18 heteroatoms. The monoisotopic (exact) mass is 1480 g/mol. The van der Waals surface area contributed by atoms with Crippen LogP contribution in [-0.2, 0) is 55.8 Å². The van der Waals surface area contributed by atoms with Gasteiger partial charge in [-0.3, -0.25) is 32.5 Å². The Kier molecular flexibility index (Phi) is 73.6. The molecule has 0 heterocycles. The maximum Gasteiger partial charge on any atom is 0.472 e. The van der Waals surface area contributed by atoms with Crippen LogP contribution in [-0.4, -0.2) is 95.9 Å². The van der Waals surface area contributed by atoms with Gasteiger partial charge in [-0.25, -0.2) is 9.13 Å². The summed E-state index contributed by atoms with van der Waals surface area (Å²) in [7, 11) is -9.80. The van der Waals surface area contributed by atoms with Crippen LogP contribution >= 0.6 is 15.6 Å². The van der Waals surface area contributed by atoms with Crippen molar-refractivity contribution in [2.24, 2.45) is 0 Å². The molecule has 0 saturated carbocycles. The van der Waals surface area contributed by atoms with Crippen molar-refractivity contribution in [1.29, 1.82) is 0 Å². The summed E-state index contributed by atoms with van der Waals surface area (Å²) in [6.45, 7) is 2.41. The number of hydrogen-bond donors (Lipinski definition) is 4. The van der Waals surface area contributed by atoms with E-state index in [9.17, 15) is 43.5 Å². The number of rotatable bonds is 75. The second kappa shape index (κ2) is 77.1. The molecule has 16 nitrogen and oxygen atoms in total.